The maximum Gasteiger partial charge on any atom is 0.339 e. The zero-order valence-electron chi connectivity index (χ0n) is 15.0. The van der Waals surface area contributed by atoms with Crippen LogP contribution in [0.4, 0.5) is 0 Å². The number of hydrogen-bond donors (Lipinski definition) is 1. The van der Waals surface area contributed by atoms with Crippen LogP contribution in [0.15, 0.2) is 11.5 Å². The third-order valence-electron chi connectivity index (χ3n) is 3.94. The largest absolute Gasteiger partial charge is 0.522 e. The van der Waals surface area contributed by atoms with Crippen LogP contribution >= 0.6 is 11.6 Å². The number of aliphatic hydroxyl groups excluding tert-OH is 1. The van der Waals surface area contributed by atoms with Crippen molar-refractivity contribution in [2.45, 2.75) is 84.0 Å². The van der Waals surface area contributed by atoms with Crippen molar-refractivity contribution in [2.75, 3.05) is 12.5 Å². The molecule has 5 heteroatoms. The van der Waals surface area contributed by atoms with Gasteiger partial charge in [-0.05, 0) is 6.42 Å². The molecular weight excluding hydrogens is 326 g/mol. The van der Waals surface area contributed by atoms with Gasteiger partial charge in [-0.25, -0.2) is 4.85 Å². The van der Waals surface area contributed by atoms with Crippen LogP contribution in [0.25, 0.3) is 4.85 Å². The van der Waals surface area contributed by atoms with Gasteiger partial charge in [0.25, 0.3) is 0 Å². The number of allylic oxidation sites excluding steroid dienone is 1. The molecule has 0 unspecified atom stereocenters. The summed E-state index contributed by atoms with van der Waals surface area (Å²) in [6.07, 6.45) is 14.9. The molecule has 0 radical (unpaired) electrons. The quantitative estimate of drug-likeness (QED) is 0.0953. The molecule has 0 aliphatic carbocycles. The van der Waals surface area contributed by atoms with Gasteiger partial charge in [0.05, 0.1) is 19.1 Å². The van der Waals surface area contributed by atoms with Gasteiger partial charge in [-0.1, -0.05) is 77.6 Å². The van der Waals surface area contributed by atoms with E-state index in [0.29, 0.717) is 0 Å². The Morgan fingerprint density at radius 2 is 1.42 bits per heavy atom. The maximum atomic E-state index is 11.6. The fraction of sp³-hybridized carbons (Fsp3) is 0.789. The number of aliphatic hydroxyl groups is 1. The van der Waals surface area contributed by atoms with Gasteiger partial charge in [0.1, 0.15) is 5.76 Å². The third kappa shape index (κ3) is 12.2. The Morgan fingerprint density at radius 1 is 0.958 bits per heavy atom. The number of alkyl halides is 1. The molecule has 138 valence electrons. The first-order chi connectivity index (χ1) is 11.7. The summed E-state index contributed by atoms with van der Waals surface area (Å²) in [7, 11) is 0. The van der Waals surface area contributed by atoms with Gasteiger partial charge in [0.2, 0.25) is 0 Å². The highest BCUT2D eigenvalue weighted by molar-refractivity contribution is 6.19. The predicted molar refractivity (Wildman–Crippen MR) is 99.0 cm³/mol. The molecule has 0 fully saturated rings. The van der Waals surface area contributed by atoms with Crippen LogP contribution in [0.2, 0.25) is 0 Å². The SMILES string of the molecule is [C-]#[N+]C(C(=O)OCCCCCCCCCCCCCC)=C(O)CCl. The van der Waals surface area contributed by atoms with Crippen LogP contribution in [-0.2, 0) is 9.53 Å². The number of hydrogen-bond acceptors (Lipinski definition) is 3. The van der Waals surface area contributed by atoms with Crippen molar-refractivity contribution < 1.29 is 14.6 Å². The van der Waals surface area contributed by atoms with Gasteiger partial charge >= 0.3 is 11.7 Å². The second kappa shape index (κ2) is 16.6. The fourth-order valence-corrected chi connectivity index (χ4v) is 2.59. The lowest BCUT2D eigenvalue weighted by Crippen LogP contribution is -2.09. The Morgan fingerprint density at radius 3 is 1.83 bits per heavy atom. The van der Waals surface area contributed by atoms with Gasteiger partial charge in [-0.3, -0.25) is 4.79 Å². The van der Waals surface area contributed by atoms with Crippen LogP contribution in [0, 0.1) is 6.57 Å². The summed E-state index contributed by atoms with van der Waals surface area (Å²) >= 11 is 5.40. The van der Waals surface area contributed by atoms with Crippen molar-refractivity contribution in [1.29, 1.82) is 0 Å². The zero-order chi connectivity index (χ0) is 18.0. The van der Waals surface area contributed by atoms with E-state index >= 15 is 0 Å². The lowest BCUT2D eigenvalue weighted by Gasteiger charge is -2.05. The minimum Gasteiger partial charge on any atom is -0.522 e. The average Bonchev–Trinajstić information content (AvgIpc) is 2.59. The third-order valence-corrected chi connectivity index (χ3v) is 4.19. The fourth-order valence-electron chi connectivity index (χ4n) is 2.47. The minimum atomic E-state index is -0.786. The van der Waals surface area contributed by atoms with Crippen molar-refractivity contribution in [3.05, 3.63) is 22.9 Å². The summed E-state index contributed by atoms with van der Waals surface area (Å²) in [4.78, 5) is 14.5. The molecule has 0 aromatic heterocycles. The Balaban J connectivity index is 3.46. The zero-order valence-corrected chi connectivity index (χ0v) is 15.7. The van der Waals surface area contributed by atoms with Crippen molar-refractivity contribution in [2.24, 2.45) is 0 Å². The molecule has 0 aromatic carbocycles. The molecule has 0 rings (SSSR count). The number of ether oxygens (including phenoxy) is 1. The molecule has 0 saturated heterocycles. The normalized spacial score (nSPS) is 11.7. The molecule has 0 aliphatic rings. The number of unbranched alkanes of at least 4 members (excludes halogenated alkanes) is 11. The van der Waals surface area contributed by atoms with E-state index in [1.807, 2.05) is 0 Å². The van der Waals surface area contributed by atoms with Crippen LogP contribution in [0.3, 0.4) is 0 Å². The molecular formula is C19H32ClNO3. The first-order valence-corrected chi connectivity index (χ1v) is 9.73. The Hall–Kier alpha value is -1.21. The first-order valence-electron chi connectivity index (χ1n) is 9.20. The van der Waals surface area contributed by atoms with Gasteiger partial charge in [-0.15, -0.1) is 11.6 Å². The second-order valence-electron chi connectivity index (χ2n) is 6.07. The molecule has 0 saturated carbocycles. The summed E-state index contributed by atoms with van der Waals surface area (Å²) in [6.45, 7) is 9.37. The van der Waals surface area contributed by atoms with E-state index < -0.39 is 17.4 Å². The Labute approximate surface area is 152 Å². The molecule has 1 N–H and O–H groups in total. The van der Waals surface area contributed by atoms with Crippen molar-refractivity contribution in [1.82, 2.24) is 0 Å². The van der Waals surface area contributed by atoms with E-state index in [9.17, 15) is 9.90 Å². The summed E-state index contributed by atoms with van der Waals surface area (Å²) in [6, 6.07) is 0. The smallest absolute Gasteiger partial charge is 0.339 e. The van der Waals surface area contributed by atoms with E-state index in [-0.39, 0.29) is 12.5 Å². The molecule has 4 nitrogen and oxygen atoms in total. The topological polar surface area (TPSA) is 50.9 Å². The van der Waals surface area contributed by atoms with E-state index in [4.69, 9.17) is 22.9 Å². The lowest BCUT2D eigenvalue weighted by molar-refractivity contribution is -0.139. The highest BCUT2D eigenvalue weighted by Crippen LogP contribution is 2.12. The van der Waals surface area contributed by atoms with Gasteiger partial charge in [0, 0.05) is 0 Å². The van der Waals surface area contributed by atoms with Crippen molar-refractivity contribution >= 4 is 17.6 Å². The molecule has 0 heterocycles. The maximum absolute atomic E-state index is 11.6. The molecule has 0 amide bonds. The van der Waals surface area contributed by atoms with E-state index in [1.54, 1.807) is 0 Å². The highest BCUT2D eigenvalue weighted by atomic mass is 35.5. The van der Waals surface area contributed by atoms with E-state index in [1.165, 1.54) is 57.8 Å². The Kier molecular flexibility index (Phi) is 15.8. The van der Waals surface area contributed by atoms with Crippen LogP contribution in [-0.4, -0.2) is 23.6 Å². The molecule has 0 atom stereocenters. The number of esters is 1. The van der Waals surface area contributed by atoms with Gasteiger partial charge in [-0.2, -0.15) is 0 Å². The highest BCUT2D eigenvalue weighted by Gasteiger charge is 2.16. The van der Waals surface area contributed by atoms with Crippen LogP contribution in [0.5, 0.6) is 0 Å². The number of nitrogens with zero attached hydrogens (tertiary/aromatic N) is 1. The van der Waals surface area contributed by atoms with Crippen molar-refractivity contribution in [3.63, 3.8) is 0 Å². The minimum absolute atomic E-state index is 0.259. The number of carbonyl (C=O) groups excluding carboxylic acids is 1. The molecule has 0 bridgehead atoms. The van der Waals surface area contributed by atoms with Gasteiger partial charge < -0.3 is 9.84 Å². The lowest BCUT2D eigenvalue weighted by atomic mass is 10.1. The Bertz CT molecular complexity index is 402. The summed E-state index contributed by atoms with van der Waals surface area (Å²) in [5, 5.41) is 9.33. The molecule has 24 heavy (non-hydrogen) atoms. The van der Waals surface area contributed by atoms with Crippen molar-refractivity contribution in [3.8, 4) is 0 Å². The molecule has 0 aromatic rings. The second-order valence-corrected chi connectivity index (χ2v) is 6.33. The van der Waals surface area contributed by atoms with Crippen LogP contribution in [0.1, 0.15) is 84.0 Å². The van der Waals surface area contributed by atoms with E-state index in [0.717, 1.165) is 19.3 Å². The number of rotatable bonds is 15. The standard InChI is InChI=1S/C19H32ClNO3/c1-3-4-5-6-7-8-9-10-11-12-13-14-15-24-19(23)18(21-2)17(22)16-20/h22H,3-16H2,1H3. The van der Waals surface area contributed by atoms with E-state index in [2.05, 4.69) is 11.8 Å². The average molecular weight is 358 g/mol. The summed E-state index contributed by atoms with van der Waals surface area (Å²) in [5.74, 6) is -1.47. The predicted octanol–water partition coefficient (Wildman–Crippen LogP) is 6.16. The number of carbonyl (C=O) groups is 1. The monoisotopic (exact) mass is 357 g/mol. The van der Waals surface area contributed by atoms with Crippen LogP contribution < -0.4 is 0 Å². The number of halogens is 1. The summed E-state index contributed by atoms with van der Waals surface area (Å²) in [5.41, 5.74) is -0.413. The molecule has 0 spiro atoms. The molecule has 0 aliphatic heterocycles. The first kappa shape index (κ1) is 22.8. The summed E-state index contributed by atoms with van der Waals surface area (Å²) < 4.78 is 4.98. The van der Waals surface area contributed by atoms with Gasteiger partial charge in [0.15, 0.2) is 0 Å².